The molecular weight excluding hydrogens is 324 g/mol. The Morgan fingerprint density at radius 3 is 2.52 bits per heavy atom. The van der Waals surface area contributed by atoms with Gasteiger partial charge in [-0.15, -0.1) is 0 Å². The fourth-order valence-electron chi connectivity index (χ4n) is 2.68. The Balaban J connectivity index is 1.88. The number of nitrogens with zero attached hydrogens (tertiary/aromatic N) is 4. The number of esters is 1. The zero-order valence-electron chi connectivity index (χ0n) is 14.2. The molecule has 0 saturated heterocycles. The average molecular weight is 342 g/mol. The van der Waals surface area contributed by atoms with Crippen molar-refractivity contribution in [3.05, 3.63) is 63.1 Å². The summed E-state index contributed by atoms with van der Waals surface area (Å²) in [5.74, 6) is -0.494. The number of aromatic nitrogens is 4. The molecule has 0 aliphatic carbocycles. The molecule has 2 aromatic heterocycles. The fourth-order valence-corrected chi connectivity index (χ4v) is 2.68. The lowest BCUT2D eigenvalue weighted by molar-refractivity contribution is -0.149. The molecule has 0 bridgehead atoms. The Bertz CT molecular complexity index is 1050. The van der Waals surface area contributed by atoms with Crippen LogP contribution in [0.2, 0.25) is 0 Å². The number of aryl methyl sites for hydroxylation is 1. The third-order valence-corrected chi connectivity index (χ3v) is 4.09. The second-order valence-corrected chi connectivity index (χ2v) is 5.79. The van der Waals surface area contributed by atoms with E-state index in [1.807, 2.05) is 30.3 Å². The second kappa shape index (κ2) is 6.39. The lowest BCUT2D eigenvalue weighted by Gasteiger charge is -2.14. The van der Waals surface area contributed by atoms with Crippen LogP contribution in [0, 0.1) is 0 Å². The van der Waals surface area contributed by atoms with E-state index >= 15 is 0 Å². The van der Waals surface area contributed by atoms with Crippen LogP contribution in [0.15, 0.2) is 46.2 Å². The van der Waals surface area contributed by atoms with Gasteiger partial charge in [-0.05, 0) is 12.5 Å². The molecule has 0 fully saturated rings. The SMILES string of the molecule is CC(OC(=O)Cn1cnc2c1c(=O)n(C)c(=O)n2C)c1ccccc1. The number of hydrogen-bond acceptors (Lipinski definition) is 5. The van der Waals surface area contributed by atoms with E-state index in [1.54, 1.807) is 6.92 Å². The average Bonchev–Trinajstić information content (AvgIpc) is 3.02. The molecule has 0 spiro atoms. The summed E-state index contributed by atoms with van der Waals surface area (Å²) in [6.45, 7) is 1.61. The van der Waals surface area contributed by atoms with Gasteiger partial charge in [0.25, 0.3) is 5.56 Å². The molecule has 130 valence electrons. The normalized spacial score (nSPS) is 12.3. The van der Waals surface area contributed by atoms with Crippen LogP contribution < -0.4 is 11.2 Å². The number of carbonyl (C=O) groups excluding carboxylic acids is 1. The van der Waals surface area contributed by atoms with Crippen molar-refractivity contribution in [2.45, 2.75) is 19.6 Å². The Hall–Kier alpha value is -3.16. The first-order valence-electron chi connectivity index (χ1n) is 7.75. The Morgan fingerprint density at radius 1 is 1.16 bits per heavy atom. The van der Waals surface area contributed by atoms with Crippen molar-refractivity contribution < 1.29 is 9.53 Å². The molecular formula is C17H18N4O4. The summed E-state index contributed by atoms with van der Waals surface area (Å²) in [7, 11) is 2.91. The minimum Gasteiger partial charge on any atom is -0.456 e. The van der Waals surface area contributed by atoms with Gasteiger partial charge in [-0.2, -0.15) is 0 Å². The highest BCUT2D eigenvalue weighted by atomic mass is 16.5. The summed E-state index contributed by atoms with van der Waals surface area (Å²) in [5.41, 5.74) is 0.332. The Labute approximate surface area is 142 Å². The van der Waals surface area contributed by atoms with Crippen LogP contribution in [-0.2, 0) is 30.2 Å². The van der Waals surface area contributed by atoms with E-state index in [0.29, 0.717) is 0 Å². The molecule has 3 aromatic rings. The molecule has 1 atom stereocenters. The number of benzene rings is 1. The van der Waals surface area contributed by atoms with Crippen molar-refractivity contribution in [2.24, 2.45) is 14.1 Å². The molecule has 8 nitrogen and oxygen atoms in total. The molecule has 1 unspecified atom stereocenters. The van der Waals surface area contributed by atoms with Gasteiger partial charge in [-0.1, -0.05) is 30.3 Å². The molecule has 0 N–H and O–H groups in total. The summed E-state index contributed by atoms with van der Waals surface area (Å²) in [4.78, 5) is 40.6. The van der Waals surface area contributed by atoms with E-state index in [-0.39, 0.29) is 17.7 Å². The zero-order valence-corrected chi connectivity index (χ0v) is 14.2. The number of hydrogen-bond donors (Lipinski definition) is 0. The van der Waals surface area contributed by atoms with Crippen LogP contribution in [0.3, 0.4) is 0 Å². The number of carbonyl (C=O) groups is 1. The van der Waals surface area contributed by atoms with Crippen molar-refractivity contribution in [1.82, 2.24) is 18.7 Å². The van der Waals surface area contributed by atoms with Gasteiger partial charge in [0.15, 0.2) is 11.2 Å². The molecule has 1 aromatic carbocycles. The van der Waals surface area contributed by atoms with Crippen LogP contribution in [-0.4, -0.2) is 24.7 Å². The predicted molar refractivity (Wildman–Crippen MR) is 91.2 cm³/mol. The third kappa shape index (κ3) is 2.98. The van der Waals surface area contributed by atoms with Crippen molar-refractivity contribution in [2.75, 3.05) is 0 Å². The number of ether oxygens (including phenoxy) is 1. The highest BCUT2D eigenvalue weighted by Gasteiger charge is 2.18. The lowest BCUT2D eigenvalue weighted by atomic mass is 10.1. The highest BCUT2D eigenvalue weighted by molar-refractivity contribution is 5.75. The maximum Gasteiger partial charge on any atom is 0.332 e. The van der Waals surface area contributed by atoms with Gasteiger partial charge < -0.3 is 9.30 Å². The summed E-state index contributed by atoms with van der Waals surface area (Å²) < 4.78 is 9.07. The zero-order chi connectivity index (χ0) is 18.1. The number of rotatable bonds is 4. The first-order valence-corrected chi connectivity index (χ1v) is 7.75. The largest absolute Gasteiger partial charge is 0.456 e. The molecule has 0 radical (unpaired) electrons. The van der Waals surface area contributed by atoms with Crippen LogP contribution in [0.4, 0.5) is 0 Å². The van der Waals surface area contributed by atoms with Gasteiger partial charge in [0, 0.05) is 14.1 Å². The summed E-state index contributed by atoms with van der Waals surface area (Å²) in [5, 5.41) is 0. The van der Waals surface area contributed by atoms with Crippen LogP contribution >= 0.6 is 0 Å². The van der Waals surface area contributed by atoms with E-state index < -0.39 is 23.3 Å². The fraction of sp³-hybridized carbons (Fsp3) is 0.294. The van der Waals surface area contributed by atoms with E-state index in [4.69, 9.17) is 4.74 Å². The molecule has 0 amide bonds. The van der Waals surface area contributed by atoms with E-state index in [9.17, 15) is 14.4 Å². The highest BCUT2D eigenvalue weighted by Crippen LogP contribution is 2.16. The quantitative estimate of drug-likeness (QED) is 0.653. The predicted octanol–water partition coefficient (Wildman–Crippen LogP) is 0.738. The van der Waals surface area contributed by atoms with E-state index in [0.717, 1.165) is 10.1 Å². The smallest absolute Gasteiger partial charge is 0.332 e. The summed E-state index contributed by atoms with van der Waals surface area (Å²) in [6.07, 6.45) is 0.954. The van der Waals surface area contributed by atoms with Crippen molar-refractivity contribution in [3.8, 4) is 0 Å². The Morgan fingerprint density at radius 2 is 1.84 bits per heavy atom. The number of imidazole rings is 1. The minimum absolute atomic E-state index is 0.166. The van der Waals surface area contributed by atoms with Crippen LogP contribution in [0.25, 0.3) is 11.2 Å². The Kier molecular flexibility index (Phi) is 4.26. The molecule has 8 heteroatoms. The van der Waals surface area contributed by atoms with Crippen molar-refractivity contribution in [1.29, 1.82) is 0 Å². The molecule has 0 saturated carbocycles. The standard InChI is InChI=1S/C17H18N4O4/c1-11(12-7-5-4-6-8-12)25-13(22)9-21-10-18-15-14(21)16(23)20(3)17(24)19(15)2/h4-8,10-11H,9H2,1-3H3. The van der Waals surface area contributed by atoms with Gasteiger partial charge in [0.2, 0.25) is 0 Å². The monoisotopic (exact) mass is 342 g/mol. The summed E-state index contributed by atoms with van der Waals surface area (Å²) >= 11 is 0. The van der Waals surface area contributed by atoms with Gasteiger partial charge in [-0.25, -0.2) is 9.78 Å². The van der Waals surface area contributed by atoms with Gasteiger partial charge in [-0.3, -0.25) is 18.7 Å². The maximum atomic E-state index is 12.3. The van der Waals surface area contributed by atoms with E-state index in [1.165, 1.54) is 29.6 Å². The molecule has 0 aliphatic heterocycles. The molecule has 0 aliphatic rings. The van der Waals surface area contributed by atoms with Crippen molar-refractivity contribution >= 4 is 17.1 Å². The lowest BCUT2D eigenvalue weighted by Crippen LogP contribution is -2.37. The topological polar surface area (TPSA) is 88.1 Å². The second-order valence-electron chi connectivity index (χ2n) is 5.79. The van der Waals surface area contributed by atoms with Gasteiger partial charge >= 0.3 is 11.7 Å². The molecule has 25 heavy (non-hydrogen) atoms. The van der Waals surface area contributed by atoms with Gasteiger partial charge in [0.05, 0.1) is 6.33 Å². The van der Waals surface area contributed by atoms with Crippen LogP contribution in [0.1, 0.15) is 18.6 Å². The van der Waals surface area contributed by atoms with Crippen molar-refractivity contribution in [3.63, 3.8) is 0 Å². The van der Waals surface area contributed by atoms with Gasteiger partial charge in [0.1, 0.15) is 12.6 Å². The van der Waals surface area contributed by atoms with E-state index in [2.05, 4.69) is 4.98 Å². The molecule has 2 heterocycles. The number of fused-ring (bicyclic) bond motifs is 1. The molecule has 3 rings (SSSR count). The van der Waals surface area contributed by atoms with Crippen LogP contribution in [0.5, 0.6) is 0 Å². The maximum absolute atomic E-state index is 12.3. The summed E-state index contributed by atoms with van der Waals surface area (Å²) in [6, 6.07) is 9.36. The first-order chi connectivity index (χ1) is 11.9. The minimum atomic E-state index is -0.500. The first kappa shape index (κ1) is 16.7. The third-order valence-electron chi connectivity index (χ3n) is 4.09.